The molecule has 8 heteroatoms. The molecule has 0 spiro atoms. The summed E-state index contributed by atoms with van der Waals surface area (Å²) < 4.78 is 10.9. The fourth-order valence-corrected chi connectivity index (χ4v) is 8.27. The predicted octanol–water partition coefficient (Wildman–Crippen LogP) is 4.67. The number of ether oxygens (including phenoxy) is 2. The first-order valence-corrected chi connectivity index (χ1v) is 15.9. The van der Waals surface area contributed by atoms with Crippen molar-refractivity contribution in [3.8, 4) is 6.07 Å². The summed E-state index contributed by atoms with van der Waals surface area (Å²) in [6.45, 7) is 6.67. The number of nitrogens with zero attached hydrogens (tertiary/aromatic N) is 2. The van der Waals surface area contributed by atoms with Crippen LogP contribution >= 0.6 is 11.8 Å². The Kier molecular flexibility index (Phi) is 11.4. The number of thioether (sulfide) groups is 1. The van der Waals surface area contributed by atoms with Crippen LogP contribution in [0.1, 0.15) is 84.0 Å². The maximum Gasteiger partial charge on any atom is 0.319 e. The second-order valence-electron chi connectivity index (χ2n) is 11.9. The summed E-state index contributed by atoms with van der Waals surface area (Å²) in [7, 11) is 0. The van der Waals surface area contributed by atoms with E-state index >= 15 is 0 Å². The molecule has 1 saturated heterocycles. The molecule has 0 amide bonds. The molecule has 2 N–H and O–H groups in total. The SMILES string of the molecule is CCC1(C(O)CCCC2[C@@H](CCCC3=CCC(C(=O)OCCN4CCOCC4)S3)C(C#N)C[C@H]2O)CCC1. The molecule has 0 radical (unpaired) electrons. The van der Waals surface area contributed by atoms with Gasteiger partial charge in [0.05, 0.1) is 37.4 Å². The van der Waals surface area contributed by atoms with E-state index in [1.165, 1.54) is 11.3 Å². The molecule has 0 aromatic carbocycles. The molecule has 4 aliphatic rings. The number of morpholine rings is 1. The largest absolute Gasteiger partial charge is 0.463 e. The standard InChI is InChI=1S/C30H48N2O5S/c1-2-30(12-5-13-30)28(34)9-4-8-25-24(22(21-31)20-26(25)33)7-3-6-23-10-11-27(38-23)29(35)37-19-16-32-14-17-36-18-15-32/h10,22,24-28,33-34H,2-9,11-20H2,1H3/t22?,24-,25?,26+,27?,28?/m0/s1. The summed E-state index contributed by atoms with van der Waals surface area (Å²) in [5.41, 5.74) is 0.128. The van der Waals surface area contributed by atoms with Crippen molar-refractivity contribution in [1.82, 2.24) is 4.90 Å². The Labute approximate surface area is 233 Å². The van der Waals surface area contributed by atoms with Gasteiger partial charge in [-0.25, -0.2) is 0 Å². The normalized spacial score (nSPS) is 31.8. The fraction of sp³-hybridized carbons (Fsp3) is 0.867. The van der Waals surface area contributed by atoms with Crippen LogP contribution in [0.4, 0.5) is 0 Å². The van der Waals surface area contributed by atoms with Crippen molar-refractivity contribution >= 4 is 17.7 Å². The minimum absolute atomic E-state index is 0.0899. The third-order valence-electron chi connectivity index (χ3n) is 9.83. The van der Waals surface area contributed by atoms with Gasteiger partial charge in [-0.15, -0.1) is 11.8 Å². The van der Waals surface area contributed by atoms with E-state index < -0.39 is 6.10 Å². The Morgan fingerprint density at radius 1 is 1.29 bits per heavy atom. The van der Waals surface area contributed by atoms with Gasteiger partial charge in [-0.3, -0.25) is 9.69 Å². The minimum Gasteiger partial charge on any atom is -0.463 e. The van der Waals surface area contributed by atoms with E-state index in [9.17, 15) is 20.3 Å². The van der Waals surface area contributed by atoms with Crippen molar-refractivity contribution in [2.75, 3.05) is 39.5 Å². The summed E-state index contributed by atoms with van der Waals surface area (Å²) in [6.07, 6.45) is 12.8. The number of carbonyl (C=O) groups excluding carboxylic acids is 1. The van der Waals surface area contributed by atoms with Gasteiger partial charge in [0, 0.05) is 19.6 Å². The van der Waals surface area contributed by atoms with E-state index in [1.54, 1.807) is 11.8 Å². The highest BCUT2D eigenvalue weighted by molar-refractivity contribution is 8.04. The molecule has 214 valence electrons. The van der Waals surface area contributed by atoms with Crippen molar-refractivity contribution in [3.05, 3.63) is 11.0 Å². The average Bonchev–Trinajstić information content (AvgIpc) is 3.49. The smallest absolute Gasteiger partial charge is 0.319 e. The molecule has 4 unspecified atom stereocenters. The van der Waals surface area contributed by atoms with Gasteiger partial charge >= 0.3 is 5.97 Å². The first-order valence-electron chi connectivity index (χ1n) is 15.0. The van der Waals surface area contributed by atoms with Gasteiger partial charge in [0.25, 0.3) is 0 Å². The van der Waals surface area contributed by atoms with Gasteiger partial charge in [0.1, 0.15) is 11.9 Å². The monoisotopic (exact) mass is 548 g/mol. The topological polar surface area (TPSA) is 103 Å². The van der Waals surface area contributed by atoms with Crippen molar-refractivity contribution in [3.63, 3.8) is 0 Å². The van der Waals surface area contributed by atoms with Crippen LogP contribution in [0.25, 0.3) is 0 Å². The maximum absolute atomic E-state index is 12.5. The van der Waals surface area contributed by atoms with Crippen LogP contribution in [-0.4, -0.2) is 78.0 Å². The zero-order valence-corrected chi connectivity index (χ0v) is 24.0. The van der Waals surface area contributed by atoms with Gasteiger partial charge in [-0.2, -0.15) is 5.26 Å². The number of aliphatic hydroxyl groups excluding tert-OH is 2. The zero-order valence-electron chi connectivity index (χ0n) is 23.2. The first-order chi connectivity index (χ1) is 18.5. The lowest BCUT2D eigenvalue weighted by Crippen LogP contribution is -2.40. The van der Waals surface area contributed by atoms with Crippen LogP contribution in [0.3, 0.4) is 0 Å². The van der Waals surface area contributed by atoms with E-state index in [0.717, 1.165) is 97.1 Å². The van der Waals surface area contributed by atoms with Crippen molar-refractivity contribution in [2.24, 2.45) is 23.2 Å². The third kappa shape index (κ3) is 7.54. The predicted molar refractivity (Wildman–Crippen MR) is 149 cm³/mol. The highest BCUT2D eigenvalue weighted by Gasteiger charge is 2.43. The lowest BCUT2D eigenvalue weighted by molar-refractivity contribution is -0.143. The Bertz CT molecular complexity index is 829. The van der Waals surface area contributed by atoms with Crippen LogP contribution in [-0.2, 0) is 14.3 Å². The van der Waals surface area contributed by atoms with Crippen molar-refractivity contribution < 1.29 is 24.5 Å². The van der Waals surface area contributed by atoms with Crippen LogP contribution in [0.2, 0.25) is 0 Å². The summed E-state index contributed by atoms with van der Waals surface area (Å²) in [4.78, 5) is 16.0. The molecule has 0 bridgehead atoms. The molecule has 38 heavy (non-hydrogen) atoms. The molecule has 0 aromatic rings. The Balaban J connectivity index is 1.15. The van der Waals surface area contributed by atoms with Crippen LogP contribution < -0.4 is 0 Å². The summed E-state index contributed by atoms with van der Waals surface area (Å²) in [5, 5.41) is 31.2. The molecule has 7 nitrogen and oxygen atoms in total. The number of allylic oxidation sites excluding steroid dienone is 2. The fourth-order valence-electron chi connectivity index (χ4n) is 7.10. The van der Waals surface area contributed by atoms with Crippen LogP contribution in [0.5, 0.6) is 0 Å². The van der Waals surface area contributed by atoms with E-state index in [-0.39, 0.29) is 40.5 Å². The summed E-state index contributed by atoms with van der Waals surface area (Å²) in [5.74, 6) is 0.147. The highest BCUT2D eigenvalue weighted by atomic mass is 32.2. The van der Waals surface area contributed by atoms with Crippen LogP contribution in [0.15, 0.2) is 11.0 Å². The molecular formula is C30H48N2O5S. The molecule has 6 atom stereocenters. The number of carbonyl (C=O) groups is 1. The summed E-state index contributed by atoms with van der Waals surface area (Å²) in [6, 6.07) is 2.47. The minimum atomic E-state index is -0.415. The van der Waals surface area contributed by atoms with Crippen molar-refractivity contribution in [1.29, 1.82) is 5.26 Å². The number of aliphatic hydroxyl groups is 2. The number of hydrogen-bond donors (Lipinski definition) is 2. The molecule has 2 aliphatic carbocycles. The Morgan fingerprint density at radius 2 is 2.05 bits per heavy atom. The second-order valence-corrected chi connectivity index (χ2v) is 13.2. The number of hydrogen-bond acceptors (Lipinski definition) is 8. The molecular weight excluding hydrogens is 500 g/mol. The molecule has 4 rings (SSSR count). The maximum atomic E-state index is 12.5. The molecule has 2 aliphatic heterocycles. The molecule has 2 heterocycles. The Hall–Kier alpha value is -1.11. The highest BCUT2D eigenvalue weighted by Crippen LogP contribution is 2.49. The molecule has 3 fully saturated rings. The van der Waals surface area contributed by atoms with Gasteiger partial charge < -0.3 is 19.7 Å². The number of rotatable bonds is 14. The molecule has 2 saturated carbocycles. The van der Waals surface area contributed by atoms with Crippen LogP contribution in [0, 0.1) is 34.5 Å². The quantitative estimate of drug-likeness (QED) is 0.302. The lowest BCUT2D eigenvalue weighted by Gasteiger charge is -2.45. The van der Waals surface area contributed by atoms with E-state index in [2.05, 4.69) is 24.0 Å². The second kappa shape index (κ2) is 14.5. The van der Waals surface area contributed by atoms with Gasteiger partial charge in [-0.1, -0.05) is 25.8 Å². The van der Waals surface area contributed by atoms with E-state index in [4.69, 9.17) is 9.47 Å². The van der Waals surface area contributed by atoms with E-state index in [0.29, 0.717) is 13.0 Å². The van der Waals surface area contributed by atoms with Crippen molar-refractivity contribution in [2.45, 2.75) is 101 Å². The number of esters is 1. The van der Waals surface area contributed by atoms with E-state index in [1.807, 2.05) is 0 Å². The third-order valence-corrected chi connectivity index (χ3v) is 11.2. The summed E-state index contributed by atoms with van der Waals surface area (Å²) >= 11 is 1.64. The van der Waals surface area contributed by atoms with Gasteiger partial charge in [0.15, 0.2) is 0 Å². The average molecular weight is 549 g/mol. The van der Waals surface area contributed by atoms with Gasteiger partial charge in [-0.05, 0) is 86.4 Å². The Morgan fingerprint density at radius 3 is 2.74 bits per heavy atom. The zero-order chi connectivity index (χ0) is 27.0. The first kappa shape index (κ1) is 29.9. The molecule has 0 aromatic heterocycles. The lowest BCUT2D eigenvalue weighted by atomic mass is 9.62. The van der Waals surface area contributed by atoms with Gasteiger partial charge in [0.2, 0.25) is 0 Å². The number of nitriles is 1.